The van der Waals surface area contributed by atoms with Gasteiger partial charge >= 0.3 is 0 Å². The molecule has 2 heteroatoms. The van der Waals surface area contributed by atoms with E-state index in [2.05, 4.69) is 19.2 Å². The minimum absolute atomic E-state index is 0.608. The summed E-state index contributed by atoms with van der Waals surface area (Å²) < 4.78 is 5.35. The van der Waals surface area contributed by atoms with E-state index >= 15 is 0 Å². The summed E-state index contributed by atoms with van der Waals surface area (Å²) in [6, 6.07) is 0.608. The van der Waals surface area contributed by atoms with Gasteiger partial charge < -0.3 is 10.1 Å². The largest absolute Gasteiger partial charge is 0.384 e. The number of hydrogen-bond donors (Lipinski definition) is 1. The highest BCUT2D eigenvalue weighted by atomic mass is 16.5. The molecule has 0 aliphatic heterocycles. The summed E-state index contributed by atoms with van der Waals surface area (Å²) >= 11 is 0. The molecule has 1 N–H and O–H groups in total. The van der Waals surface area contributed by atoms with Crippen LogP contribution >= 0.6 is 0 Å². The van der Waals surface area contributed by atoms with E-state index in [0.717, 1.165) is 18.4 Å². The lowest BCUT2D eigenvalue weighted by molar-refractivity contribution is 0.113. The van der Waals surface area contributed by atoms with E-state index in [1.165, 1.54) is 38.6 Å². The first-order chi connectivity index (χ1) is 7.24. The van der Waals surface area contributed by atoms with Crippen LogP contribution in [0, 0.1) is 11.8 Å². The van der Waals surface area contributed by atoms with Gasteiger partial charge in [0.2, 0.25) is 0 Å². The second-order valence-electron chi connectivity index (χ2n) is 5.18. The fourth-order valence-electron chi connectivity index (χ4n) is 2.55. The van der Waals surface area contributed by atoms with E-state index in [1.807, 2.05) is 7.11 Å². The third-order valence-electron chi connectivity index (χ3n) is 3.49. The molecule has 0 saturated heterocycles. The van der Waals surface area contributed by atoms with Crippen molar-refractivity contribution in [3.63, 3.8) is 0 Å². The van der Waals surface area contributed by atoms with Gasteiger partial charge in [-0.15, -0.1) is 0 Å². The minimum Gasteiger partial charge on any atom is -0.384 e. The van der Waals surface area contributed by atoms with Crippen LogP contribution in [0.25, 0.3) is 0 Å². The first-order valence-electron chi connectivity index (χ1n) is 6.46. The number of hydrogen-bond acceptors (Lipinski definition) is 2. The quantitative estimate of drug-likeness (QED) is 0.709. The van der Waals surface area contributed by atoms with Gasteiger partial charge in [-0.3, -0.25) is 0 Å². The molecule has 1 fully saturated rings. The summed E-state index contributed by atoms with van der Waals surface area (Å²) in [4.78, 5) is 0. The molecule has 0 bridgehead atoms. The molecule has 2 nitrogen and oxygen atoms in total. The van der Waals surface area contributed by atoms with Crippen molar-refractivity contribution in [2.24, 2.45) is 11.8 Å². The van der Waals surface area contributed by atoms with Crippen molar-refractivity contribution >= 4 is 0 Å². The number of rotatable bonds is 5. The van der Waals surface area contributed by atoms with Crippen molar-refractivity contribution in [3.8, 4) is 0 Å². The van der Waals surface area contributed by atoms with E-state index in [4.69, 9.17) is 4.74 Å². The summed E-state index contributed by atoms with van der Waals surface area (Å²) in [6.07, 6.45) is 6.96. The molecule has 0 aromatic heterocycles. The lowest BCUT2D eigenvalue weighted by Gasteiger charge is -2.25. The lowest BCUT2D eigenvalue weighted by atomic mass is 9.88. The van der Waals surface area contributed by atoms with Gasteiger partial charge in [0.15, 0.2) is 0 Å². The zero-order valence-corrected chi connectivity index (χ0v) is 10.6. The van der Waals surface area contributed by atoms with E-state index < -0.39 is 0 Å². The van der Waals surface area contributed by atoms with E-state index in [1.54, 1.807) is 0 Å². The van der Waals surface area contributed by atoms with E-state index in [0.29, 0.717) is 6.04 Å². The third kappa shape index (κ3) is 4.98. The minimum atomic E-state index is 0.608. The standard InChI is InChI=1S/C13H27NO/c1-11(2)14-9-12-7-5-4-6-8-13(12)10-15-3/h11-14H,4-10H2,1-3H3. The van der Waals surface area contributed by atoms with Gasteiger partial charge in [0.1, 0.15) is 0 Å². The van der Waals surface area contributed by atoms with Crippen molar-refractivity contribution in [1.29, 1.82) is 0 Å². The van der Waals surface area contributed by atoms with Crippen LogP contribution in [0.2, 0.25) is 0 Å². The van der Waals surface area contributed by atoms with Crippen molar-refractivity contribution in [1.82, 2.24) is 5.32 Å². The summed E-state index contributed by atoms with van der Waals surface area (Å²) in [7, 11) is 1.83. The molecule has 15 heavy (non-hydrogen) atoms. The Morgan fingerprint density at radius 1 is 1.13 bits per heavy atom. The highest BCUT2D eigenvalue weighted by Crippen LogP contribution is 2.28. The topological polar surface area (TPSA) is 21.3 Å². The summed E-state index contributed by atoms with van der Waals surface area (Å²) in [5.74, 6) is 1.61. The smallest absolute Gasteiger partial charge is 0.0493 e. The molecule has 1 aliphatic carbocycles. The zero-order valence-electron chi connectivity index (χ0n) is 10.6. The van der Waals surface area contributed by atoms with Gasteiger partial charge in [-0.25, -0.2) is 0 Å². The van der Waals surface area contributed by atoms with Crippen molar-refractivity contribution < 1.29 is 4.74 Å². The fourth-order valence-corrected chi connectivity index (χ4v) is 2.55. The maximum absolute atomic E-state index is 5.35. The van der Waals surface area contributed by atoms with Crippen LogP contribution in [0.1, 0.15) is 46.0 Å². The molecule has 0 radical (unpaired) electrons. The Hall–Kier alpha value is -0.0800. The second-order valence-corrected chi connectivity index (χ2v) is 5.18. The second kappa shape index (κ2) is 7.24. The molecule has 0 aromatic carbocycles. The average Bonchev–Trinajstić information content (AvgIpc) is 2.41. The molecule has 90 valence electrons. The number of ether oxygens (including phenoxy) is 1. The van der Waals surface area contributed by atoms with Gasteiger partial charge in [-0.1, -0.05) is 33.1 Å². The summed E-state index contributed by atoms with van der Waals surface area (Å²) in [5.41, 5.74) is 0. The Morgan fingerprint density at radius 3 is 2.40 bits per heavy atom. The monoisotopic (exact) mass is 213 g/mol. The molecule has 0 aromatic rings. The van der Waals surface area contributed by atoms with E-state index in [-0.39, 0.29) is 0 Å². The molecule has 2 unspecified atom stereocenters. The molecule has 1 saturated carbocycles. The zero-order chi connectivity index (χ0) is 11.1. The SMILES string of the molecule is COCC1CCCCCC1CNC(C)C. The van der Waals surface area contributed by atoms with Crippen LogP contribution in [-0.2, 0) is 4.74 Å². The van der Waals surface area contributed by atoms with Crippen LogP contribution in [0.5, 0.6) is 0 Å². The van der Waals surface area contributed by atoms with Crippen LogP contribution in [-0.4, -0.2) is 26.3 Å². The fraction of sp³-hybridized carbons (Fsp3) is 1.00. The molecule has 0 amide bonds. The predicted octanol–water partition coefficient (Wildman–Crippen LogP) is 2.83. The Kier molecular flexibility index (Phi) is 6.26. The van der Waals surface area contributed by atoms with Gasteiger partial charge in [0.25, 0.3) is 0 Å². The molecular formula is C13H27NO. The van der Waals surface area contributed by atoms with Gasteiger partial charge in [0, 0.05) is 19.8 Å². The Balaban J connectivity index is 2.39. The van der Waals surface area contributed by atoms with E-state index in [9.17, 15) is 0 Å². The maximum Gasteiger partial charge on any atom is 0.0493 e. The highest BCUT2D eigenvalue weighted by molar-refractivity contribution is 4.76. The highest BCUT2D eigenvalue weighted by Gasteiger charge is 2.23. The normalized spacial score (nSPS) is 28.0. The average molecular weight is 213 g/mol. The summed E-state index contributed by atoms with van der Waals surface area (Å²) in [6.45, 7) is 6.57. The van der Waals surface area contributed by atoms with Gasteiger partial charge in [0.05, 0.1) is 0 Å². The molecule has 0 heterocycles. The molecule has 0 spiro atoms. The predicted molar refractivity (Wildman–Crippen MR) is 65.1 cm³/mol. The summed E-state index contributed by atoms with van der Waals surface area (Å²) in [5, 5.41) is 3.58. The third-order valence-corrected chi connectivity index (χ3v) is 3.49. The Labute approximate surface area is 94.8 Å². The van der Waals surface area contributed by atoms with Crippen LogP contribution in [0.4, 0.5) is 0 Å². The molecule has 2 atom stereocenters. The van der Waals surface area contributed by atoms with Gasteiger partial charge in [-0.2, -0.15) is 0 Å². The lowest BCUT2D eigenvalue weighted by Crippen LogP contribution is -2.33. The molecule has 1 rings (SSSR count). The Morgan fingerprint density at radius 2 is 1.80 bits per heavy atom. The first kappa shape index (κ1) is 13.0. The maximum atomic E-state index is 5.35. The van der Waals surface area contributed by atoms with Gasteiger partial charge in [-0.05, 0) is 31.2 Å². The Bertz CT molecular complexity index is 159. The van der Waals surface area contributed by atoms with Crippen molar-refractivity contribution in [2.75, 3.05) is 20.3 Å². The van der Waals surface area contributed by atoms with Crippen LogP contribution in [0.15, 0.2) is 0 Å². The number of methoxy groups -OCH3 is 1. The first-order valence-corrected chi connectivity index (χ1v) is 6.46. The van der Waals surface area contributed by atoms with Crippen LogP contribution in [0.3, 0.4) is 0 Å². The number of nitrogens with one attached hydrogen (secondary N) is 1. The molecule has 1 aliphatic rings. The van der Waals surface area contributed by atoms with Crippen molar-refractivity contribution in [3.05, 3.63) is 0 Å². The van der Waals surface area contributed by atoms with Crippen LogP contribution < -0.4 is 5.32 Å². The van der Waals surface area contributed by atoms with Crippen molar-refractivity contribution in [2.45, 2.75) is 52.0 Å². The molecular weight excluding hydrogens is 186 g/mol.